The van der Waals surface area contributed by atoms with E-state index in [-0.39, 0.29) is 0 Å². The van der Waals surface area contributed by atoms with E-state index in [1.807, 2.05) is 54.2 Å². The number of rotatable bonds is 4. The van der Waals surface area contributed by atoms with Crippen molar-refractivity contribution in [3.8, 4) is 28.7 Å². The van der Waals surface area contributed by atoms with Crippen LogP contribution in [0, 0.1) is 0 Å². The first-order valence-corrected chi connectivity index (χ1v) is 19.8. The number of aromatic nitrogens is 4. The molecular formula is C51H34N4S. The van der Waals surface area contributed by atoms with Crippen molar-refractivity contribution in [2.24, 2.45) is 0 Å². The van der Waals surface area contributed by atoms with Gasteiger partial charge in [-0.15, -0.1) is 0 Å². The molecule has 0 atom stereocenters. The van der Waals surface area contributed by atoms with E-state index in [2.05, 4.69) is 152 Å². The van der Waals surface area contributed by atoms with Gasteiger partial charge in [0.05, 0.1) is 16.4 Å². The molecule has 1 aliphatic heterocycles. The molecule has 4 nitrogen and oxygen atoms in total. The fourth-order valence-electron chi connectivity index (χ4n) is 9.19. The maximum atomic E-state index is 5.30. The number of nitrogens with zero attached hydrogens (tertiary/aromatic N) is 4. The van der Waals surface area contributed by atoms with Gasteiger partial charge in [0, 0.05) is 31.7 Å². The van der Waals surface area contributed by atoms with Gasteiger partial charge in [0.2, 0.25) is 5.95 Å². The summed E-state index contributed by atoms with van der Waals surface area (Å²) in [7, 11) is 0. The van der Waals surface area contributed by atoms with Crippen molar-refractivity contribution in [3.05, 3.63) is 210 Å². The van der Waals surface area contributed by atoms with E-state index in [1.165, 1.54) is 59.3 Å². The van der Waals surface area contributed by atoms with Gasteiger partial charge in [-0.1, -0.05) is 164 Å². The van der Waals surface area contributed by atoms with Gasteiger partial charge in [0.15, 0.2) is 11.6 Å². The van der Waals surface area contributed by atoms with E-state index < -0.39 is 5.41 Å². The molecule has 0 bridgehead atoms. The Hall–Kier alpha value is -6.82. The van der Waals surface area contributed by atoms with Gasteiger partial charge in [-0.25, -0.2) is 4.98 Å². The lowest BCUT2D eigenvalue weighted by molar-refractivity contribution is 0.723. The second kappa shape index (κ2) is 12.6. The molecule has 3 heterocycles. The van der Waals surface area contributed by atoms with Crippen molar-refractivity contribution in [1.29, 1.82) is 0 Å². The minimum absolute atomic E-state index is 0.577. The average molecular weight is 735 g/mol. The van der Waals surface area contributed by atoms with E-state index in [0.29, 0.717) is 17.6 Å². The molecular weight excluding hydrogens is 701 g/mol. The van der Waals surface area contributed by atoms with Gasteiger partial charge in [0.25, 0.3) is 0 Å². The van der Waals surface area contributed by atoms with Crippen LogP contribution in [0.2, 0.25) is 0 Å². The molecule has 0 N–H and O–H groups in total. The van der Waals surface area contributed by atoms with Gasteiger partial charge < -0.3 is 0 Å². The molecule has 0 unspecified atom stereocenters. The molecule has 9 aromatic rings. The second-order valence-corrected chi connectivity index (χ2v) is 15.4. The Labute approximate surface area is 329 Å². The first kappa shape index (κ1) is 32.6. The molecule has 264 valence electrons. The van der Waals surface area contributed by atoms with Gasteiger partial charge >= 0.3 is 0 Å². The van der Waals surface area contributed by atoms with Crippen LogP contribution in [0.1, 0.15) is 29.2 Å². The Balaban J connectivity index is 1.32. The highest BCUT2D eigenvalue weighted by Gasteiger charge is 2.52. The smallest absolute Gasteiger partial charge is 0.238 e. The summed E-state index contributed by atoms with van der Waals surface area (Å²) in [5.74, 6) is 1.83. The third kappa shape index (κ3) is 4.58. The predicted molar refractivity (Wildman–Crippen MR) is 231 cm³/mol. The van der Waals surface area contributed by atoms with Crippen molar-refractivity contribution < 1.29 is 0 Å². The lowest BCUT2D eigenvalue weighted by Crippen LogP contribution is -2.32. The minimum atomic E-state index is -0.579. The highest BCUT2D eigenvalue weighted by Crippen LogP contribution is 2.63. The minimum Gasteiger partial charge on any atom is -0.278 e. The zero-order valence-corrected chi connectivity index (χ0v) is 31.5. The topological polar surface area (TPSA) is 43.6 Å². The van der Waals surface area contributed by atoms with Crippen molar-refractivity contribution in [2.75, 3.05) is 0 Å². The molecule has 5 heteroatoms. The zero-order valence-electron chi connectivity index (χ0n) is 30.6. The van der Waals surface area contributed by atoms with E-state index in [9.17, 15) is 0 Å². The number of allylic oxidation sites excluding steroid dienone is 5. The zero-order chi connectivity index (χ0) is 37.4. The van der Waals surface area contributed by atoms with Crippen LogP contribution in [-0.4, -0.2) is 19.5 Å². The van der Waals surface area contributed by atoms with Crippen LogP contribution in [0.5, 0.6) is 0 Å². The van der Waals surface area contributed by atoms with E-state index in [1.54, 1.807) is 0 Å². The number of hydrogen-bond donors (Lipinski definition) is 0. The fraction of sp³-hybridized carbons (Fsp3) is 0.0392. The highest BCUT2D eigenvalue weighted by atomic mass is 32.2. The highest BCUT2D eigenvalue weighted by molar-refractivity contribution is 7.99. The Morgan fingerprint density at radius 3 is 1.84 bits per heavy atom. The lowest BCUT2D eigenvalue weighted by atomic mass is 9.67. The van der Waals surface area contributed by atoms with Crippen LogP contribution in [0.3, 0.4) is 0 Å². The fourth-order valence-corrected chi connectivity index (χ4v) is 10.4. The summed E-state index contributed by atoms with van der Waals surface area (Å²) < 4.78 is 2.27. The normalized spacial score (nSPS) is 15.4. The van der Waals surface area contributed by atoms with Crippen molar-refractivity contribution in [2.45, 2.75) is 22.1 Å². The van der Waals surface area contributed by atoms with Crippen LogP contribution >= 0.6 is 11.8 Å². The van der Waals surface area contributed by atoms with E-state index in [0.717, 1.165) is 27.5 Å². The van der Waals surface area contributed by atoms with Crippen molar-refractivity contribution in [1.82, 2.24) is 19.5 Å². The van der Waals surface area contributed by atoms with Crippen LogP contribution in [0.4, 0.5) is 0 Å². The van der Waals surface area contributed by atoms with Crippen LogP contribution in [-0.2, 0) is 5.41 Å². The van der Waals surface area contributed by atoms with Gasteiger partial charge in [-0.3, -0.25) is 4.57 Å². The molecule has 0 radical (unpaired) electrons. The molecule has 56 heavy (non-hydrogen) atoms. The van der Waals surface area contributed by atoms with Gasteiger partial charge in [0.1, 0.15) is 0 Å². The number of benzene rings is 7. The maximum absolute atomic E-state index is 5.30. The summed E-state index contributed by atoms with van der Waals surface area (Å²) in [6.45, 7) is 6.41. The molecule has 0 saturated carbocycles. The van der Waals surface area contributed by atoms with E-state index >= 15 is 0 Å². The molecule has 0 saturated heterocycles. The third-order valence-electron chi connectivity index (χ3n) is 11.4. The second-order valence-electron chi connectivity index (χ2n) is 14.3. The monoisotopic (exact) mass is 734 g/mol. The van der Waals surface area contributed by atoms with Crippen LogP contribution < -0.4 is 0 Å². The molecule has 1 spiro atoms. The first-order valence-electron chi connectivity index (χ1n) is 18.9. The summed E-state index contributed by atoms with van der Waals surface area (Å²) in [6.07, 6.45) is 6.46. The summed E-state index contributed by atoms with van der Waals surface area (Å²) in [5, 5.41) is 4.71. The van der Waals surface area contributed by atoms with Crippen molar-refractivity contribution in [3.63, 3.8) is 0 Å². The molecule has 2 aliphatic rings. The van der Waals surface area contributed by atoms with Gasteiger partial charge in [-0.05, 0) is 81.4 Å². The third-order valence-corrected chi connectivity index (χ3v) is 12.6. The maximum Gasteiger partial charge on any atom is 0.238 e. The summed E-state index contributed by atoms with van der Waals surface area (Å²) in [6, 6.07) is 56.2. The summed E-state index contributed by atoms with van der Waals surface area (Å²) >= 11 is 1.85. The molecule has 7 aromatic carbocycles. The SMILES string of the molecule is C=C/C=C1\C(=C/C)c2cc3c4c5ccccc5ccc4n(-c4nc(-c5ccccc5)nc(-c5ccccc5)n4)c3cc2C12c1ccccc1Sc1ccccc12. The number of hydrogen-bond acceptors (Lipinski definition) is 4. The number of fused-ring (bicyclic) bond motifs is 11. The van der Waals surface area contributed by atoms with E-state index in [4.69, 9.17) is 15.0 Å². The molecule has 1 aliphatic carbocycles. The Morgan fingerprint density at radius 2 is 1.20 bits per heavy atom. The van der Waals surface area contributed by atoms with Crippen LogP contribution in [0.25, 0.3) is 66.9 Å². The van der Waals surface area contributed by atoms with Gasteiger partial charge in [-0.2, -0.15) is 9.97 Å². The van der Waals surface area contributed by atoms with Crippen molar-refractivity contribution >= 4 is 49.9 Å². The summed E-state index contributed by atoms with van der Waals surface area (Å²) in [5.41, 5.74) is 10.8. The largest absolute Gasteiger partial charge is 0.278 e. The lowest BCUT2D eigenvalue weighted by Gasteiger charge is -2.40. The Kier molecular flexibility index (Phi) is 7.35. The van der Waals surface area contributed by atoms with Crippen LogP contribution in [0.15, 0.2) is 198 Å². The average Bonchev–Trinajstić information content (AvgIpc) is 3.73. The Bertz CT molecular complexity index is 3030. The predicted octanol–water partition coefficient (Wildman–Crippen LogP) is 12.8. The standard InChI is InChI=1S/C51H34N4S/c1-3-17-39-35(4-2)37-30-38-44(31-42(37)51(39)40-24-13-15-26-45(40)56-46-27-16-14-25-41(46)51)55(43-29-28-32-18-11-12-23-36(32)47(38)43)50-53-48(33-19-7-5-8-20-33)52-49(54-50)34-21-9-6-10-22-34/h3-31H,1H2,2H3/b35-4-,39-17+. The Morgan fingerprint density at radius 1 is 0.589 bits per heavy atom. The molecule has 2 aromatic heterocycles. The quantitative estimate of drug-likeness (QED) is 0.181. The molecule has 0 amide bonds. The first-order chi connectivity index (χ1) is 27.7. The summed E-state index contributed by atoms with van der Waals surface area (Å²) in [4.78, 5) is 18.2. The molecule has 11 rings (SSSR count). The molecule has 0 fully saturated rings.